The van der Waals surface area contributed by atoms with E-state index >= 15 is 0 Å². The number of rotatable bonds is 4. The molecule has 0 bridgehead atoms. The molecule has 1 aliphatic heterocycles. The Balaban J connectivity index is 1.52. The van der Waals surface area contributed by atoms with Crippen LogP contribution in [0.3, 0.4) is 0 Å². The Morgan fingerprint density at radius 2 is 1.45 bits per heavy atom. The SMILES string of the molecule is O=C(c1ccc(-c2cc(C(F)(F)F)cc(C(F)(F)F)c2)cc1)N1CCC(Cn2cnnc2)C1. The molecule has 0 aliphatic carbocycles. The first kappa shape index (κ1) is 22.8. The van der Waals surface area contributed by atoms with Crippen molar-refractivity contribution in [3.05, 3.63) is 71.8 Å². The number of carbonyl (C=O) groups is 1. The van der Waals surface area contributed by atoms with E-state index in [-0.39, 0.29) is 29.0 Å². The molecule has 4 rings (SSSR count). The molecule has 0 N–H and O–H groups in total. The second-order valence-electron chi connectivity index (χ2n) is 7.94. The average Bonchev–Trinajstić information content (AvgIpc) is 3.44. The first-order valence-corrected chi connectivity index (χ1v) is 10.0. The molecule has 1 atom stereocenters. The van der Waals surface area contributed by atoms with Crippen molar-refractivity contribution < 1.29 is 31.1 Å². The molecule has 5 nitrogen and oxygen atoms in total. The summed E-state index contributed by atoms with van der Waals surface area (Å²) in [5.41, 5.74) is -2.54. The van der Waals surface area contributed by atoms with Gasteiger partial charge < -0.3 is 9.47 Å². The summed E-state index contributed by atoms with van der Waals surface area (Å²) in [6, 6.07) is 6.97. The number of halogens is 6. The van der Waals surface area contributed by atoms with Crippen molar-refractivity contribution in [3.63, 3.8) is 0 Å². The maximum absolute atomic E-state index is 13.1. The lowest BCUT2D eigenvalue weighted by atomic mass is 9.98. The Morgan fingerprint density at radius 3 is 2.00 bits per heavy atom. The minimum Gasteiger partial charge on any atom is -0.338 e. The van der Waals surface area contributed by atoms with E-state index in [4.69, 9.17) is 0 Å². The second kappa shape index (κ2) is 8.53. The van der Waals surface area contributed by atoms with E-state index in [1.54, 1.807) is 17.6 Å². The van der Waals surface area contributed by atoms with Gasteiger partial charge in [0.2, 0.25) is 0 Å². The Labute approximate surface area is 184 Å². The number of aromatic nitrogens is 3. The van der Waals surface area contributed by atoms with Gasteiger partial charge in [-0.3, -0.25) is 4.79 Å². The first-order chi connectivity index (χ1) is 15.5. The summed E-state index contributed by atoms with van der Waals surface area (Å²) < 4.78 is 80.5. The molecule has 1 aliphatic rings. The Bertz CT molecular complexity index is 1090. The predicted octanol–water partition coefficient (Wildman–Crippen LogP) is 5.15. The number of carbonyl (C=O) groups excluding carboxylic acids is 1. The second-order valence-corrected chi connectivity index (χ2v) is 7.94. The van der Waals surface area contributed by atoms with Gasteiger partial charge in [0.05, 0.1) is 11.1 Å². The van der Waals surface area contributed by atoms with Gasteiger partial charge in [0.15, 0.2) is 0 Å². The highest BCUT2D eigenvalue weighted by molar-refractivity contribution is 5.95. The van der Waals surface area contributed by atoms with Crippen LogP contribution in [-0.2, 0) is 18.9 Å². The van der Waals surface area contributed by atoms with Crippen LogP contribution < -0.4 is 0 Å². The molecule has 1 unspecified atom stereocenters. The van der Waals surface area contributed by atoms with E-state index in [0.717, 1.165) is 6.42 Å². The molecular formula is C22H18F6N4O. The number of benzene rings is 2. The molecule has 1 amide bonds. The summed E-state index contributed by atoms with van der Waals surface area (Å²) in [6.45, 7) is 1.75. The fourth-order valence-corrected chi connectivity index (χ4v) is 3.89. The molecule has 1 fully saturated rings. The van der Waals surface area contributed by atoms with Gasteiger partial charge in [-0.15, -0.1) is 10.2 Å². The minimum atomic E-state index is -4.93. The predicted molar refractivity (Wildman–Crippen MR) is 106 cm³/mol. The van der Waals surface area contributed by atoms with Gasteiger partial charge in [0.1, 0.15) is 12.7 Å². The maximum Gasteiger partial charge on any atom is 0.416 e. The highest BCUT2D eigenvalue weighted by atomic mass is 19.4. The molecule has 0 saturated carbocycles. The molecule has 0 radical (unpaired) electrons. The van der Waals surface area contributed by atoms with Crippen LogP contribution in [0.25, 0.3) is 11.1 Å². The van der Waals surface area contributed by atoms with Crippen molar-refractivity contribution in [1.29, 1.82) is 0 Å². The van der Waals surface area contributed by atoms with E-state index < -0.39 is 23.5 Å². The molecular weight excluding hydrogens is 450 g/mol. The van der Waals surface area contributed by atoms with Gasteiger partial charge in [0.25, 0.3) is 5.91 Å². The molecule has 1 saturated heterocycles. The quantitative estimate of drug-likeness (QED) is 0.498. The van der Waals surface area contributed by atoms with Gasteiger partial charge in [-0.2, -0.15) is 26.3 Å². The Hall–Kier alpha value is -3.37. The van der Waals surface area contributed by atoms with Gasteiger partial charge in [0, 0.05) is 25.2 Å². The van der Waals surface area contributed by atoms with Gasteiger partial charge in [-0.05, 0) is 53.8 Å². The van der Waals surface area contributed by atoms with Crippen molar-refractivity contribution in [2.24, 2.45) is 5.92 Å². The standard InChI is InChI=1S/C22H18F6N4O/c23-21(24,25)18-7-17(8-19(9-18)22(26,27)28)15-1-3-16(4-2-15)20(33)32-6-5-14(11-32)10-31-12-29-30-13-31/h1-4,7-9,12-14H,5-6,10-11H2. The van der Waals surface area contributed by atoms with Crippen LogP contribution in [0.2, 0.25) is 0 Å². The maximum atomic E-state index is 13.1. The minimum absolute atomic E-state index is 0.0883. The van der Waals surface area contributed by atoms with Crippen LogP contribution in [-0.4, -0.2) is 38.7 Å². The molecule has 33 heavy (non-hydrogen) atoms. The average molecular weight is 468 g/mol. The lowest BCUT2D eigenvalue weighted by Crippen LogP contribution is -2.29. The van der Waals surface area contributed by atoms with Crippen LogP contribution >= 0.6 is 0 Å². The third-order valence-corrected chi connectivity index (χ3v) is 5.56. The van der Waals surface area contributed by atoms with Crippen LogP contribution in [0.4, 0.5) is 26.3 Å². The van der Waals surface area contributed by atoms with Crippen LogP contribution in [0.15, 0.2) is 55.1 Å². The summed E-state index contributed by atoms with van der Waals surface area (Å²) in [5, 5.41) is 7.49. The molecule has 1 aromatic heterocycles. The molecule has 2 aromatic carbocycles. The van der Waals surface area contributed by atoms with E-state index in [1.165, 1.54) is 24.3 Å². The van der Waals surface area contributed by atoms with Crippen LogP contribution in [0, 0.1) is 5.92 Å². The van der Waals surface area contributed by atoms with Gasteiger partial charge in [-0.1, -0.05) is 12.1 Å². The fourth-order valence-electron chi connectivity index (χ4n) is 3.89. The summed E-state index contributed by atoms with van der Waals surface area (Å²) in [6.07, 6.45) is -5.86. The van der Waals surface area contributed by atoms with E-state index in [0.29, 0.717) is 37.3 Å². The summed E-state index contributed by atoms with van der Waals surface area (Å²) in [5.74, 6) is -0.0112. The normalized spacial score (nSPS) is 16.9. The van der Waals surface area contributed by atoms with Crippen molar-refractivity contribution >= 4 is 5.91 Å². The fraction of sp³-hybridized carbons (Fsp3) is 0.318. The van der Waals surface area contributed by atoms with E-state index in [1.807, 2.05) is 4.57 Å². The Kier molecular flexibility index (Phi) is 5.89. The number of amides is 1. The topological polar surface area (TPSA) is 51.0 Å². The molecule has 3 aromatic rings. The van der Waals surface area contributed by atoms with Crippen LogP contribution in [0.5, 0.6) is 0 Å². The third-order valence-electron chi connectivity index (χ3n) is 5.56. The number of hydrogen-bond donors (Lipinski definition) is 0. The molecule has 174 valence electrons. The lowest BCUT2D eigenvalue weighted by molar-refractivity contribution is -0.143. The van der Waals surface area contributed by atoms with Crippen molar-refractivity contribution in [2.75, 3.05) is 13.1 Å². The van der Waals surface area contributed by atoms with Crippen molar-refractivity contribution in [1.82, 2.24) is 19.7 Å². The largest absolute Gasteiger partial charge is 0.416 e. The van der Waals surface area contributed by atoms with E-state index in [9.17, 15) is 31.1 Å². The van der Waals surface area contributed by atoms with Gasteiger partial charge >= 0.3 is 12.4 Å². The van der Waals surface area contributed by atoms with Crippen molar-refractivity contribution in [2.45, 2.75) is 25.3 Å². The lowest BCUT2D eigenvalue weighted by Gasteiger charge is -2.17. The Morgan fingerprint density at radius 1 is 0.879 bits per heavy atom. The zero-order chi connectivity index (χ0) is 23.8. The third kappa shape index (κ3) is 5.18. The molecule has 0 spiro atoms. The monoisotopic (exact) mass is 468 g/mol. The van der Waals surface area contributed by atoms with Gasteiger partial charge in [-0.25, -0.2) is 0 Å². The smallest absolute Gasteiger partial charge is 0.338 e. The summed E-state index contributed by atoms with van der Waals surface area (Å²) in [7, 11) is 0. The number of hydrogen-bond acceptors (Lipinski definition) is 3. The van der Waals surface area contributed by atoms with Crippen LogP contribution in [0.1, 0.15) is 27.9 Å². The number of likely N-dealkylation sites (tertiary alicyclic amines) is 1. The summed E-state index contributed by atoms with van der Waals surface area (Å²) >= 11 is 0. The zero-order valence-corrected chi connectivity index (χ0v) is 17.1. The number of alkyl halides is 6. The first-order valence-electron chi connectivity index (χ1n) is 10.0. The summed E-state index contributed by atoms with van der Waals surface area (Å²) in [4.78, 5) is 14.5. The van der Waals surface area contributed by atoms with E-state index in [2.05, 4.69) is 10.2 Å². The number of nitrogens with zero attached hydrogens (tertiary/aromatic N) is 4. The molecule has 2 heterocycles. The molecule has 11 heteroatoms. The highest BCUT2D eigenvalue weighted by Gasteiger charge is 2.37. The highest BCUT2D eigenvalue weighted by Crippen LogP contribution is 2.38. The van der Waals surface area contributed by atoms with Crippen molar-refractivity contribution in [3.8, 4) is 11.1 Å². The zero-order valence-electron chi connectivity index (χ0n) is 17.1.